The smallest absolute Gasteiger partial charge is 0.410 e. The van der Waals surface area contributed by atoms with Crippen LogP contribution in [-0.2, 0) is 11.3 Å². The van der Waals surface area contributed by atoms with Crippen LogP contribution in [0, 0.1) is 0 Å². The van der Waals surface area contributed by atoms with Gasteiger partial charge in [-0.3, -0.25) is 4.57 Å². The standard InChI is InChI=1S/C25H30ClN3O3/c1-25(2,3)32-24(30)28-15-7-6-8-20(28)17-31-23-27-21-9-4-5-10-22(21)29(23)16-18-11-13-19(26)14-12-18/h4-5,9-14,20H,6-8,15-17H2,1-3H3. The van der Waals surface area contributed by atoms with Crippen molar-refractivity contribution in [1.82, 2.24) is 14.5 Å². The molecule has 32 heavy (non-hydrogen) atoms. The minimum atomic E-state index is -0.521. The first kappa shape index (κ1) is 22.5. The molecule has 0 radical (unpaired) electrons. The van der Waals surface area contributed by atoms with Gasteiger partial charge in [0.05, 0.1) is 23.6 Å². The molecule has 1 aliphatic rings. The number of halogens is 1. The van der Waals surface area contributed by atoms with Crippen LogP contribution in [0.15, 0.2) is 48.5 Å². The highest BCUT2D eigenvalue weighted by Crippen LogP contribution is 2.26. The van der Waals surface area contributed by atoms with Gasteiger partial charge in [-0.15, -0.1) is 0 Å². The Kier molecular flexibility index (Phi) is 6.60. The summed E-state index contributed by atoms with van der Waals surface area (Å²) in [5, 5.41) is 0.709. The molecular formula is C25H30ClN3O3. The van der Waals surface area contributed by atoms with Crippen molar-refractivity contribution in [3.8, 4) is 6.01 Å². The fourth-order valence-corrected chi connectivity index (χ4v) is 4.12. The third kappa shape index (κ3) is 5.36. The van der Waals surface area contributed by atoms with Crippen LogP contribution in [0.3, 0.4) is 0 Å². The number of benzene rings is 2. The normalized spacial score (nSPS) is 16.9. The number of aromatic nitrogens is 2. The molecule has 1 aromatic heterocycles. The van der Waals surface area contributed by atoms with Gasteiger partial charge in [0.15, 0.2) is 0 Å². The monoisotopic (exact) mass is 455 g/mol. The maximum Gasteiger partial charge on any atom is 0.410 e. The van der Waals surface area contributed by atoms with Crippen LogP contribution in [0.4, 0.5) is 4.79 Å². The van der Waals surface area contributed by atoms with E-state index in [0.29, 0.717) is 30.7 Å². The summed E-state index contributed by atoms with van der Waals surface area (Å²) < 4.78 is 13.9. The molecule has 4 rings (SSSR count). The molecular weight excluding hydrogens is 426 g/mol. The zero-order valence-electron chi connectivity index (χ0n) is 18.9. The maximum absolute atomic E-state index is 12.7. The lowest BCUT2D eigenvalue weighted by atomic mass is 10.0. The second-order valence-corrected chi connectivity index (χ2v) is 9.67. The van der Waals surface area contributed by atoms with Crippen LogP contribution in [0.25, 0.3) is 11.0 Å². The second kappa shape index (κ2) is 9.41. The van der Waals surface area contributed by atoms with Gasteiger partial charge in [0.25, 0.3) is 6.01 Å². The van der Waals surface area contributed by atoms with E-state index in [9.17, 15) is 4.79 Å². The summed E-state index contributed by atoms with van der Waals surface area (Å²) in [5.41, 5.74) is 2.47. The Balaban J connectivity index is 1.54. The SMILES string of the molecule is CC(C)(C)OC(=O)N1CCCCC1COc1nc2ccccc2n1Cc1ccc(Cl)cc1. The number of carbonyl (C=O) groups is 1. The van der Waals surface area contributed by atoms with Crippen molar-refractivity contribution in [2.45, 2.75) is 58.2 Å². The van der Waals surface area contributed by atoms with E-state index in [2.05, 4.69) is 4.57 Å². The van der Waals surface area contributed by atoms with Gasteiger partial charge in [0, 0.05) is 11.6 Å². The number of piperidine rings is 1. The van der Waals surface area contributed by atoms with E-state index >= 15 is 0 Å². The number of nitrogens with zero attached hydrogens (tertiary/aromatic N) is 3. The fraction of sp³-hybridized carbons (Fsp3) is 0.440. The lowest BCUT2D eigenvalue weighted by molar-refractivity contribution is 0.00290. The molecule has 0 saturated carbocycles. The Hall–Kier alpha value is -2.73. The number of fused-ring (bicyclic) bond motifs is 1. The molecule has 2 aromatic carbocycles. The molecule has 0 bridgehead atoms. The van der Waals surface area contributed by atoms with Gasteiger partial charge in [0.1, 0.15) is 12.2 Å². The number of ether oxygens (including phenoxy) is 2. The van der Waals surface area contributed by atoms with Crippen molar-refractivity contribution in [1.29, 1.82) is 0 Å². The quantitative estimate of drug-likeness (QED) is 0.480. The number of imidazole rings is 1. The highest BCUT2D eigenvalue weighted by Gasteiger charge is 2.31. The first-order valence-electron chi connectivity index (χ1n) is 11.1. The Bertz CT molecular complexity index is 1070. The third-order valence-electron chi connectivity index (χ3n) is 5.53. The van der Waals surface area contributed by atoms with E-state index in [4.69, 9.17) is 26.1 Å². The largest absolute Gasteiger partial charge is 0.462 e. The summed E-state index contributed by atoms with van der Waals surface area (Å²) >= 11 is 6.05. The van der Waals surface area contributed by atoms with Crippen molar-refractivity contribution in [2.75, 3.05) is 13.2 Å². The molecule has 1 fully saturated rings. The Morgan fingerprint density at radius 2 is 1.88 bits per heavy atom. The number of likely N-dealkylation sites (tertiary alicyclic amines) is 1. The van der Waals surface area contributed by atoms with Crippen LogP contribution < -0.4 is 4.74 Å². The summed E-state index contributed by atoms with van der Waals surface area (Å²) in [6.07, 6.45) is 2.65. The van der Waals surface area contributed by atoms with Gasteiger partial charge >= 0.3 is 6.09 Å². The molecule has 3 aromatic rings. The number of hydrogen-bond acceptors (Lipinski definition) is 4. The summed E-state index contributed by atoms with van der Waals surface area (Å²) in [5.74, 6) is 0. The van der Waals surface area contributed by atoms with E-state index in [1.807, 2.05) is 69.3 Å². The van der Waals surface area contributed by atoms with Crippen molar-refractivity contribution < 1.29 is 14.3 Å². The molecule has 1 unspecified atom stereocenters. The van der Waals surface area contributed by atoms with Crippen LogP contribution >= 0.6 is 11.6 Å². The molecule has 1 atom stereocenters. The van der Waals surface area contributed by atoms with Crippen molar-refractivity contribution >= 4 is 28.7 Å². The molecule has 0 N–H and O–H groups in total. The Morgan fingerprint density at radius 1 is 1.12 bits per heavy atom. The number of carbonyl (C=O) groups excluding carboxylic acids is 1. The van der Waals surface area contributed by atoms with Crippen LogP contribution in [0.1, 0.15) is 45.6 Å². The summed E-state index contributed by atoms with van der Waals surface area (Å²) in [6.45, 7) is 7.35. The Labute approximate surface area is 194 Å². The van der Waals surface area contributed by atoms with Crippen molar-refractivity contribution in [3.63, 3.8) is 0 Å². The third-order valence-corrected chi connectivity index (χ3v) is 5.79. The molecule has 0 spiro atoms. The Morgan fingerprint density at radius 3 is 2.62 bits per heavy atom. The zero-order chi connectivity index (χ0) is 22.7. The van der Waals surface area contributed by atoms with Crippen molar-refractivity contribution in [3.05, 3.63) is 59.1 Å². The number of hydrogen-bond donors (Lipinski definition) is 0. The first-order valence-corrected chi connectivity index (χ1v) is 11.5. The van der Waals surface area contributed by atoms with E-state index in [0.717, 1.165) is 35.9 Å². The van der Waals surface area contributed by atoms with E-state index in [1.165, 1.54) is 0 Å². The maximum atomic E-state index is 12.7. The van der Waals surface area contributed by atoms with Crippen molar-refractivity contribution in [2.24, 2.45) is 0 Å². The molecule has 1 saturated heterocycles. The highest BCUT2D eigenvalue weighted by molar-refractivity contribution is 6.30. The van der Waals surface area contributed by atoms with E-state index in [-0.39, 0.29) is 12.1 Å². The topological polar surface area (TPSA) is 56.6 Å². The summed E-state index contributed by atoms with van der Waals surface area (Å²) in [4.78, 5) is 19.3. The predicted molar refractivity (Wildman–Crippen MR) is 126 cm³/mol. The van der Waals surface area contributed by atoms with E-state index in [1.54, 1.807) is 4.90 Å². The van der Waals surface area contributed by atoms with Crippen LogP contribution in [0.5, 0.6) is 6.01 Å². The first-order chi connectivity index (χ1) is 15.3. The lowest BCUT2D eigenvalue weighted by Crippen LogP contribution is -2.48. The number of para-hydroxylation sites is 2. The van der Waals surface area contributed by atoms with Gasteiger partial charge in [-0.2, -0.15) is 4.98 Å². The highest BCUT2D eigenvalue weighted by atomic mass is 35.5. The van der Waals surface area contributed by atoms with E-state index < -0.39 is 5.60 Å². The van der Waals surface area contributed by atoms with Crippen LogP contribution in [-0.4, -0.2) is 45.3 Å². The summed E-state index contributed by atoms with van der Waals surface area (Å²) in [6, 6.07) is 16.3. The molecule has 0 aliphatic carbocycles. The molecule has 2 heterocycles. The minimum Gasteiger partial charge on any atom is -0.462 e. The van der Waals surface area contributed by atoms with Gasteiger partial charge in [-0.05, 0) is 69.9 Å². The number of rotatable bonds is 5. The molecule has 7 heteroatoms. The fourth-order valence-electron chi connectivity index (χ4n) is 3.99. The number of amides is 1. The van der Waals surface area contributed by atoms with Crippen LogP contribution in [0.2, 0.25) is 5.02 Å². The molecule has 1 aliphatic heterocycles. The van der Waals surface area contributed by atoms with Gasteiger partial charge in [-0.1, -0.05) is 35.9 Å². The second-order valence-electron chi connectivity index (χ2n) is 9.23. The average molecular weight is 456 g/mol. The lowest BCUT2D eigenvalue weighted by Gasteiger charge is -2.36. The van der Waals surface area contributed by atoms with Gasteiger partial charge in [-0.25, -0.2) is 4.79 Å². The average Bonchev–Trinajstić information content (AvgIpc) is 3.10. The molecule has 6 nitrogen and oxygen atoms in total. The van der Waals surface area contributed by atoms with Gasteiger partial charge < -0.3 is 14.4 Å². The predicted octanol–water partition coefficient (Wildman–Crippen LogP) is 5.91. The zero-order valence-corrected chi connectivity index (χ0v) is 19.6. The molecule has 170 valence electrons. The molecule has 1 amide bonds. The summed E-state index contributed by atoms with van der Waals surface area (Å²) in [7, 11) is 0. The van der Waals surface area contributed by atoms with Gasteiger partial charge in [0.2, 0.25) is 0 Å². The minimum absolute atomic E-state index is 0.0394.